The van der Waals surface area contributed by atoms with Gasteiger partial charge in [-0.25, -0.2) is 13.4 Å². The molecule has 0 saturated carbocycles. The highest BCUT2D eigenvalue weighted by Crippen LogP contribution is 2.38. The maximum Gasteiger partial charge on any atom is 0.243 e. The van der Waals surface area contributed by atoms with E-state index in [-0.39, 0.29) is 0 Å². The average Bonchev–Trinajstić information content (AvgIpc) is 3.43. The topological polar surface area (TPSA) is 78.5 Å². The fraction of sp³-hybridized carbons (Fsp3) is 0.280. The number of hydrogen-bond acceptors (Lipinski definition) is 4. The van der Waals surface area contributed by atoms with Crippen molar-refractivity contribution in [1.82, 2.24) is 13.7 Å². The molecule has 1 aliphatic carbocycles. The maximum absolute atomic E-state index is 12.9. The van der Waals surface area contributed by atoms with Crippen LogP contribution in [0.1, 0.15) is 37.0 Å². The van der Waals surface area contributed by atoms with E-state index in [2.05, 4.69) is 10.5 Å². The molecule has 0 saturated heterocycles. The fourth-order valence-corrected chi connectivity index (χ4v) is 6.35. The van der Waals surface area contributed by atoms with Crippen LogP contribution in [0.15, 0.2) is 53.4 Å². The third-order valence-corrected chi connectivity index (χ3v) is 8.46. The molecule has 2 heterocycles. The van der Waals surface area contributed by atoms with Crippen LogP contribution in [0, 0.1) is 11.3 Å². The lowest BCUT2D eigenvalue weighted by Crippen LogP contribution is -2.30. The van der Waals surface area contributed by atoms with Gasteiger partial charge in [0.2, 0.25) is 10.0 Å². The van der Waals surface area contributed by atoms with Crippen LogP contribution in [-0.2, 0) is 22.9 Å². The van der Waals surface area contributed by atoms with Gasteiger partial charge in [0.15, 0.2) is 5.65 Å². The molecule has 5 rings (SSSR count). The van der Waals surface area contributed by atoms with Gasteiger partial charge in [0.05, 0.1) is 27.2 Å². The predicted octanol–water partition coefficient (Wildman–Crippen LogP) is 4.55. The fourth-order valence-electron chi connectivity index (χ4n) is 4.89. The first-order valence-electron chi connectivity index (χ1n) is 11.0. The summed E-state index contributed by atoms with van der Waals surface area (Å²) in [5, 5.41) is 9.94. The maximum atomic E-state index is 12.9. The summed E-state index contributed by atoms with van der Waals surface area (Å²) < 4.78 is 29.4. The van der Waals surface area contributed by atoms with E-state index in [4.69, 9.17) is 4.98 Å². The van der Waals surface area contributed by atoms with Crippen LogP contribution in [0.3, 0.4) is 0 Å². The van der Waals surface area contributed by atoms with Crippen LogP contribution in [0.4, 0.5) is 0 Å². The van der Waals surface area contributed by atoms with Gasteiger partial charge < -0.3 is 0 Å². The highest BCUT2D eigenvalue weighted by molar-refractivity contribution is 7.89. The molecule has 4 aromatic rings. The molecule has 162 valence electrons. The molecule has 0 spiro atoms. The van der Waals surface area contributed by atoms with Crippen LogP contribution in [0.2, 0.25) is 0 Å². The molecule has 0 bridgehead atoms. The zero-order chi connectivity index (χ0) is 22.5. The first-order valence-corrected chi connectivity index (χ1v) is 12.4. The molecule has 0 atom stereocenters. The Labute approximate surface area is 187 Å². The molecule has 0 N–H and O–H groups in total. The van der Waals surface area contributed by atoms with Crippen molar-refractivity contribution in [3.8, 4) is 17.3 Å². The van der Waals surface area contributed by atoms with Crippen LogP contribution in [-0.4, -0.2) is 35.2 Å². The van der Waals surface area contributed by atoms with E-state index in [0.717, 1.165) is 52.7 Å². The lowest BCUT2D eigenvalue weighted by atomic mass is 9.99. The molecule has 32 heavy (non-hydrogen) atoms. The molecular formula is C25H24N4O2S. The van der Waals surface area contributed by atoms with Crippen LogP contribution in [0.5, 0.6) is 0 Å². The lowest BCUT2D eigenvalue weighted by molar-refractivity contribution is 0.445. The molecule has 2 aromatic carbocycles. The van der Waals surface area contributed by atoms with Gasteiger partial charge in [-0.1, -0.05) is 38.1 Å². The number of para-hydroxylation sites is 2. The number of imidazole rings is 1. The Morgan fingerprint density at radius 3 is 2.41 bits per heavy atom. The van der Waals surface area contributed by atoms with Gasteiger partial charge in [-0.3, -0.25) is 4.40 Å². The van der Waals surface area contributed by atoms with Crippen molar-refractivity contribution in [2.45, 2.75) is 38.0 Å². The molecule has 0 radical (unpaired) electrons. The van der Waals surface area contributed by atoms with Crippen molar-refractivity contribution in [2.24, 2.45) is 0 Å². The van der Waals surface area contributed by atoms with Gasteiger partial charge in [-0.15, -0.1) is 0 Å². The van der Waals surface area contributed by atoms with Gasteiger partial charge >= 0.3 is 0 Å². The number of benzene rings is 2. The number of hydrogen-bond donors (Lipinski definition) is 0. The van der Waals surface area contributed by atoms with Crippen molar-refractivity contribution in [1.29, 1.82) is 5.26 Å². The minimum atomic E-state index is -3.52. The zero-order valence-electron chi connectivity index (χ0n) is 18.2. The van der Waals surface area contributed by atoms with E-state index in [1.165, 1.54) is 4.31 Å². The summed E-state index contributed by atoms with van der Waals surface area (Å²) in [6.45, 7) is 4.56. The molecular weight excluding hydrogens is 420 g/mol. The van der Waals surface area contributed by atoms with Gasteiger partial charge in [0, 0.05) is 13.1 Å². The lowest BCUT2D eigenvalue weighted by Gasteiger charge is -2.19. The van der Waals surface area contributed by atoms with E-state index in [1.54, 1.807) is 12.1 Å². The highest BCUT2D eigenvalue weighted by atomic mass is 32.2. The van der Waals surface area contributed by atoms with E-state index in [1.807, 2.05) is 50.2 Å². The number of pyridine rings is 1. The van der Waals surface area contributed by atoms with E-state index in [9.17, 15) is 13.7 Å². The highest BCUT2D eigenvalue weighted by Gasteiger charge is 2.27. The van der Waals surface area contributed by atoms with Gasteiger partial charge in [0.1, 0.15) is 6.07 Å². The molecule has 6 nitrogen and oxygen atoms in total. The van der Waals surface area contributed by atoms with Crippen molar-refractivity contribution in [3.05, 3.63) is 65.2 Å². The second kappa shape index (κ2) is 7.73. The summed E-state index contributed by atoms with van der Waals surface area (Å²) in [5.74, 6) is 0. The van der Waals surface area contributed by atoms with Gasteiger partial charge in [-0.05, 0) is 60.2 Å². The third kappa shape index (κ3) is 2.94. The average molecular weight is 445 g/mol. The summed E-state index contributed by atoms with van der Waals surface area (Å²) in [5.41, 5.74) is 7.29. The Balaban J connectivity index is 1.78. The Hall–Kier alpha value is -3.21. The first kappa shape index (κ1) is 20.7. The second-order valence-electron chi connectivity index (χ2n) is 8.02. The normalized spacial score (nSPS) is 13.7. The molecule has 0 unspecified atom stereocenters. The standard InChI is InChI=1S/C25H24N4O2S/c1-3-28(4-2)32(30,31)18-14-12-17(13-15-18)24-20-9-7-8-19(20)21(16-26)25-27-22-10-5-6-11-23(22)29(24)25/h5-6,10-15H,3-4,7-9H2,1-2H3. The van der Waals surface area contributed by atoms with E-state index in [0.29, 0.717) is 29.2 Å². The quantitative estimate of drug-likeness (QED) is 0.453. The zero-order valence-corrected chi connectivity index (χ0v) is 19.0. The number of nitriles is 1. The van der Waals surface area contributed by atoms with Crippen molar-refractivity contribution < 1.29 is 8.42 Å². The van der Waals surface area contributed by atoms with Crippen LogP contribution in [0.25, 0.3) is 27.9 Å². The molecule has 0 fully saturated rings. The van der Waals surface area contributed by atoms with Crippen LogP contribution < -0.4 is 0 Å². The smallest absolute Gasteiger partial charge is 0.243 e. The number of nitrogens with zero attached hydrogens (tertiary/aromatic N) is 4. The minimum absolute atomic E-state index is 0.293. The number of rotatable bonds is 5. The van der Waals surface area contributed by atoms with Crippen molar-refractivity contribution in [3.63, 3.8) is 0 Å². The van der Waals surface area contributed by atoms with E-state index < -0.39 is 10.0 Å². The predicted molar refractivity (Wildman–Crippen MR) is 125 cm³/mol. The molecule has 0 aliphatic heterocycles. The molecule has 2 aromatic heterocycles. The summed E-state index contributed by atoms with van der Waals surface area (Å²) >= 11 is 0. The Morgan fingerprint density at radius 1 is 1.03 bits per heavy atom. The minimum Gasteiger partial charge on any atom is -0.291 e. The summed E-state index contributed by atoms with van der Waals surface area (Å²) in [7, 11) is -3.52. The Bertz CT molecular complexity index is 1490. The monoisotopic (exact) mass is 444 g/mol. The largest absolute Gasteiger partial charge is 0.291 e. The van der Waals surface area contributed by atoms with E-state index >= 15 is 0 Å². The second-order valence-corrected chi connectivity index (χ2v) is 9.96. The summed E-state index contributed by atoms with van der Waals surface area (Å²) in [6, 6.07) is 17.4. The third-order valence-electron chi connectivity index (χ3n) is 6.40. The molecule has 7 heteroatoms. The summed E-state index contributed by atoms with van der Waals surface area (Å²) in [6.07, 6.45) is 2.75. The van der Waals surface area contributed by atoms with Crippen molar-refractivity contribution in [2.75, 3.05) is 13.1 Å². The molecule has 0 amide bonds. The number of fused-ring (bicyclic) bond motifs is 4. The Kier molecular flexibility index (Phi) is 5.00. The van der Waals surface area contributed by atoms with Gasteiger partial charge in [0.25, 0.3) is 0 Å². The Morgan fingerprint density at radius 2 is 1.72 bits per heavy atom. The summed E-state index contributed by atoms with van der Waals surface area (Å²) in [4.78, 5) is 5.08. The van der Waals surface area contributed by atoms with Crippen molar-refractivity contribution >= 4 is 26.7 Å². The SMILES string of the molecule is CCN(CC)S(=O)(=O)c1ccc(-c2c3c(c(C#N)c4nc5ccccc5n24)CCC3)cc1. The number of aromatic nitrogens is 2. The van der Waals surface area contributed by atoms with Crippen LogP contribution >= 0.6 is 0 Å². The first-order chi connectivity index (χ1) is 15.5. The van der Waals surface area contributed by atoms with Gasteiger partial charge in [-0.2, -0.15) is 9.57 Å². The molecule has 1 aliphatic rings. The number of sulfonamides is 1.